The average molecular weight is 308 g/mol. The third kappa shape index (κ3) is 8.10. The predicted octanol–water partition coefficient (Wildman–Crippen LogP) is 3.74. The minimum absolute atomic E-state index is 0.328. The molecular weight excluding hydrogens is 276 g/mol. The maximum absolute atomic E-state index is 4.10. The van der Waals surface area contributed by atoms with Gasteiger partial charge in [0.15, 0.2) is 0 Å². The van der Waals surface area contributed by atoms with Gasteiger partial charge in [-0.15, -0.1) is 20.4 Å². The molecule has 0 saturated heterocycles. The molecule has 0 aromatic carbocycles. The second kappa shape index (κ2) is 9.54. The molecule has 22 heavy (non-hydrogen) atoms. The number of nitrogens with one attached hydrogen (secondary N) is 2. The van der Waals surface area contributed by atoms with E-state index >= 15 is 0 Å². The number of anilines is 2. The second-order valence-corrected chi connectivity index (χ2v) is 7.08. The van der Waals surface area contributed by atoms with Gasteiger partial charge in [-0.25, -0.2) is 0 Å². The van der Waals surface area contributed by atoms with Gasteiger partial charge >= 0.3 is 0 Å². The number of rotatable bonds is 10. The summed E-state index contributed by atoms with van der Waals surface area (Å²) in [4.78, 5) is 0. The normalized spacial score (nSPS) is 14.2. The molecule has 1 rings (SSSR count). The highest BCUT2D eigenvalue weighted by Gasteiger charge is 2.09. The van der Waals surface area contributed by atoms with Gasteiger partial charge in [0.2, 0.25) is 0 Å². The Morgan fingerprint density at radius 1 is 0.591 bits per heavy atom. The molecule has 2 N–H and O–H groups in total. The number of hydrogen-bond acceptors (Lipinski definition) is 6. The van der Waals surface area contributed by atoms with Crippen molar-refractivity contribution in [2.45, 2.75) is 79.3 Å². The molecule has 0 aliphatic carbocycles. The highest BCUT2D eigenvalue weighted by atomic mass is 15.4. The van der Waals surface area contributed by atoms with E-state index in [1.54, 1.807) is 0 Å². The Morgan fingerprint density at radius 3 is 1.18 bits per heavy atom. The monoisotopic (exact) mass is 308 g/mol. The average Bonchev–Trinajstić information content (AvgIpc) is 2.45. The number of hydrogen-bond donors (Lipinski definition) is 2. The largest absolute Gasteiger partial charge is 0.349 e. The van der Waals surface area contributed by atoms with Crippen LogP contribution in [0.15, 0.2) is 0 Å². The highest BCUT2D eigenvalue weighted by molar-refractivity contribution is 5.27. The van der Waals surface area contributed by atoms with E-state index in [0.29, 0.717) is 35.8 Å². The van der Waals surface area contributed by atoms with Gasteiger partial charge in [0.1, 0.15) is 0 Å². The van der Waals surface area contributed by atoms with Crippen molar-refractivity contribution in [3.05, 3.63) is 0 Å². The van der Waals surface area contributed by atoms with Crippen molar-refractivity contribution in [2.75, 3.05) is 10.6 Å². The Bertz CT molecular complexity index is 365. The highest BCUT2D eigenvalue weighted by Crippen LogP contribution is 2.11. The Hall–Kier alpha value is -1.46. The first-order chi connectivity index (χ1) is 10.4. The van der Waals surface area contributed by atoms with Gasteiger partial charge in [-0.05, 0) is 51.4 Å². The number of nitrogens with zero attached hydrogens (tertiary/aromatic N) is 4. The van der Waals surface area contributed by atoms with Crippen LogP contribution in [0.25, 0.3) is 0 Å². The van der Waals surface area contributed by atoms with E-state index < -0.39 is 0 Å². The molecule has 2 atom stereocenters. The van der Waals surface area contributed by atoms with E-state index in [9.17, 15) is 0 Å². The van der Waals surface area contributed by atoms with E-state index in [-0.39, 0.29) is 0 Å². The lowest BCUT2D eigenvalue weighted by atomic mass is 10.0. The smallest absolute Gasteiger partial charge is 0.262 e. The van der Waals surface area contributed by atoms with E-state index in [4.69, 9.17) is 0 Å². The lowest BCUT2D eigenvalue weighted by molar-refractivity contribution is 0.523. The molecule has 0 spiro atoms. The molecule has 126 valence electrons. The van der Waals surface area contributed by atoms with Crippen LogP contribution >= 0.6 is 0 Å². The zero-order valence-corrected chi connectivity index (χ0v) is 14.9. The topological polar surface area (TPSA) is 75.6 Å². The van der Waals surface area contributed by atoms with Gasteiger partial charge in [-0.1, -0.05) is 27.7 Å². The van der Waals surface area contributed by atoms with Gasteiger partial charge < -0.3 is 10.6 Å². The fraction of sp³-hybridized carbons (Fsp3) is 0.875. The second-order valence-electron chi connectivity index (χ2n) is 7.08. The fourth-order valence-electron chi connectivity index (χ4n) is 2.10. The van der Waals surface area contributed by atoms with Crippen LogP contribution in [0.4, 0.5) is 11.9 Å². The molecule has 1 heterocycles. The van der Waals surface area contributed by atoms with Crippen molar-refractivity contribution in [2.24, 2.45) is 11.8 Å². The molecule has 0 fully saturated rings. The van der Waals surface area contributed by atoms with Crippen molar-refractivity contribution < 1.29 is 0 Å². The summed E-state index contributed by atoms with van der Waals surface area (Å²) in [6.45, 7) is 13.2. The van der Waals surface area contributed by atoms with Crippen LogP contribution < -0.4 is 10.6 Å². The molecule has 0 bridgehead atoms. The molecule has 2 unspecified atom stereocenters. The first-order valence-corrected chi connectivity index (χ1v) is 8.47. The van der Waals surface area contributed by atoms with Crippen molar-refractivity contribution in [3.63, 3.8) is 0 Å². The van der Waals surface area contributed by atoms with Crippen LogP contribution in [0, 0.1) is 11.8 Å². The summed E-state index contributed by atoms with van der Waals surface area (Å²) in [6.07, 6.45) is 4.55. The summed E-state index contributed by atoms with van der Waals surface area (Å²) in [7, 11) is 0. The zero-order valence-electron chi connectivity index (χ0n) is 14.9. The van der Waals surface area contributed by atoms with Gasteiger partial charge in [0.05, 0.1) is 0 Å². The van der Waals surface area contributed by atoms with E-state index in [1.807, 2.05) is 0 Å². The van der Waals surface area contributed by atoms with Gasteiger partial charge in [-0.3, -0.25) is 0 Å². The van der Waals surface area contributed by atoms with Crippen molar-refractivity contribution >= 4 is 11.9 Å². The third-order valence-electron chi connectivity index (χ3n) is 3.58. The van der Waals surface area contributed by atoms with Crippen LogP contribution in [0.5, 0.6) is 0 Å². The Labute approximate surface area is 134 Å². The quantitative estimate of drug-likeness (QED) is 0.686. The number of aromatic nitrogens is 4. The van der Waals surface area contributed by atoms with Crippen LogP contribution in [-0.4, -0.2) is 32.5 Å². The molecule has 6 nitrogen and oxygen atoms in total. The summed E-state index contributed by atoms with van der Waals surface area (Å²) < 4.78 is 0. The maximum atomic E-state index is 4.10. The van der Waals surface area contributed by atoms with Crippen molar-refractivity contribution in [3.8, 4) is 0 Å². The maximum Gasteiger partial charge on any atom is 0.262 e. The van der Waals surface area contributed by atoms with Gasteiger partial charge in [-0.2, -0.15) is 0 Å². The van der Waals surface area contributed by atoms with Crippen molar-refractivity contribution in [1.82, 2.24) is 20.4 Å². The van der Waals surface area contributed by atoms with E-state index in [2.05, 4.69) is 72.6 Å². The van der Waals surface area contributed by atoms with Crippen LogP contribution in [0.1, 0.15) is 67.2 Å². The molecule has 0 saturated carbocycles. The van der Waals surface area contributed by atoms with E-state index in [0.717, 1.165) is 12.8 Å². The Morgan fingerprint density at radius 2 is 0.909 bits per heavy atom. The third-order valence-corrected chi connectivity index (χ3v) is 3.58. The lowest BCUT2D eigenvalue weighted by Gasteiger charge is -2.15. The molecular formula is C16H32N6. The summed E-state index contributed by atoms with van der Waals surface area (Å²) in [5, 5.41) is 22.9. The summed E-state index contributed by atoms with van der Waals surface area (Å²) in [6, 6.07) is 0.657. The van der Waals surface area contributed by atoms with Crippen LogP contribution in [0.2, 0.25) is 0 Å². The van der Waals surface area contributed by atoms with E-state index in [1.165, 1.54) is 12.8 Å². The standard InChI is InChI=1S/C16H32N6/c1-11(2)7-9-13(5)17-15-19-21-16(22-20-15)18-14(6)10-8-12(3)4/h11-14H,7-10H2,1-6H3,(H,17,19,20)(H,18,21,22). The Balaban J connectivity index is 2.39. The van der Waals surface area contributed by atoms with Crippen LogP contribution in [-0.2, 0) is 0 Å². The minimum atomic E-state index is 0.328. The first kappa shape index (κ1) is 18.6. The van der Waals surface area contributed by atoms with Gasteiger partial charge in [0, 0.05) is 12.1 Å². The van der Waals surface area contributed by atoms with Crippen molar-refractivity contribution in [1.29, 1.82) is 0 Å². The summed E-state index contributed by atoms with van der Waals surface area (Å²) in [5.41, 5.74) is 0. The zero-order chi connectivity index (χ0) is 16.5. The first-order valence-electron chi connectivity index (χ1n) is 8.47. The molecule has 6 heteroatoms. The SMILES string of the molecule is CC(C)CCC(C)Nc1nnc(NC(C)CCC(C)C)nn1. The lowest BCUT2D eigenvalue weighted by Crippen LogP contribution is -2.21. The minimum Gasteiger partial charge on any atom is -0.349 e. The summed E-state index contributed by atoms with van der Waals surface area (Å²) >= 11 is 0. The summed E-state index contributed by atoms with van der Waals surface area (Å²) in [5.74, 6) is 2.41. The molecule has 0 radical (unpaired) electrons. The molecule has 0 aliphatic rings. The fourth-order valence-corrected chi connectivity index (χ4v) is 2.10. The molecule has 0 aliphatic heterocycles. The molecule has 1 aromatic rings. The van der Waals surface area contributed by atoms with Gasteiger partial charge in [0.25, 0.3) is 11.9 Å². The molecule has 1 aromatic heterocycles. The van der Waals surface area contributed by atoms with Crippen LogP contribution in [0.3, 0.4) is 0 Å². The molecule has 0 amide bonds. The predicted molar refractivity (Wildman–Crippen MR) is 91.9 cm³/mol. The Kier molecular flexibility index (Phi) is 8.06.